The van der Waals surface area contributed by atoms with E-state index in [-0.39, 0.29) is 39.9 Å². The van der Waals surface area contributed by atoms with Crippen molar-refractivity contribution >= 4 is 18.2 Å². The third kappa shape index (κ3) is 4.35. The van der Waals surface area contributed by atoms with Gasteiger partial charge in [-0.05, 0) is 117 Å². The Morgan fingerprint density at radius 1 is 0.826 bits per heavy atom. The molecule has 258 valence electrons. The monoisotopic (exact) mass is 646 g/mol. The molecule has 0 aromatic carbocycles. The molecule has 6 fully saturated rings. The van der Waals surface area contributed by atoms with E-state index < -0.39 is 59.6 Å². The SMILES string of the molecule is C=C(C)[C@@H]1CC[C@]2(C(=O)O)CC[C@]3(C)[C@H](CC[C@@H]4[C@@]5(C)CC[C@H](O[C@@H]6O[C@H](C(=O)O)[C@@H](O)[C@H](O)[C@H]6O)[C@@](C)(C=O)[C@@H]5CC[C@]43C)[C@@H]12. The molecule has 1 heterocycles. The van der Waals surface area contributed by atoms with E-state index in [1.807, 2.05) is 6.92 Å². The lowest BCUT2D eigenvalue weighted by Gasteiger charge is -2.72. The van der Waals surface area contributed by atoms with E-state index in [9.17, 15) is 39.9 Å². The minimum absolute atomic E-state index is 0.0441. The van der Waals surface area contributed by atoms with Crippen molar-refractivity contribution in [1.29, 1.82) is 0 Å². The molecule has 46 heavy (non-hydrogen) atoms. The standard InChI is InChI=1S/C36H54O10/c1-18(2)19-9-14-36(31(43)44)16-15-34(5)20(24(19)36)7-8-22-32(3)12-11-23(33(4,17-37)21(32)10-13-35(22,34)6)45-30-27(40)25(38)26(39)28(46-30)29(41)42/h17,19-28,30,38-40H,1,7-16H2,2-6H3,(H,41,42)(H,43,44)/t19-,20+,21+,22+,23-,24+,25-,26-,27+,28-,30+,32-,33-,34+,35+,36-/m0/s1. The summed E-state index contributed by atoms with van der Waals surface area (Å²) >= 11 is 0. The van der Waals surface area contributed by atoms with E-state index >= 15 is 0 Å². The Morgan fingerprint density at radius 3 is 2.13 bits per heavy atom. The van der Waals surface area contributed by atoms with Crippen molar-refractivity contribution in [2.75, 3.05) is 0 Å². The molecule has 0 amide bonds. The summed E-state index contributed by atoms with van der Waals surface area (Å²) in [6.45, 7) is 15.5. The maximum absolute atomic E-state index is 13.1. The van der Waals surface area contributed by atoms with E-state index in [0.717, 1.165) is 63.2 Å². The molecule has 10 heteroatoms. The first kappa shape index (κ1) is 34.0. The number of allylic oxidation sites excluding steroid dienone is 1. The fraction of sp³-hybridized carbons (Fsp3) is 0.861. The number of carbonyl (C=O) groups excluding carboxylic acids is 1. The number of rotatable bonds is 6. The maximum Gasteiger partial charge on any atom is 0.335 e. The number of carbonyl (C=O) groups is 3. The van der Waals surface area contributed by atoms with Crippen molar-refractivity contribution in [3.8, 4) is 0 Å². The summed E-state index contributed by atoms with van der Waals surface area (Å²) in [6, 6.07) is 0. The van der Waals surface area contributed by atoms with Gasteiger partial charge < -0.3 is 39.8 Å². The zero-order valence-electron chi connectivity index (χ0n) is 28.0. The average Bonchev–Trinajstić information content (AvgIpc) is 3.40. The summed E-state index contributed by atoms with van der Waals surface area (Å²) in [5.74, 6) is -1.27. The number of aliphatic hydroxyl groups excluding tert-OH is 3. The fourth-order valence-electron chi connectivity index (χ4n) is 12.9. The number of fused-ring (bicyclic) bond motifs is 7. The molecule has 10 nitrogen and oxygen atoms in total. The summed E-state index contributed by atoms with van der Waals surface area (Å²) in [6.07, 6.45) is -0.239. The molecule has 0 radical (unpaired) electrons. The summed E-state index contributed by atoms with van der Waals surface area (Å²) in [7, 11) is 0. The number of ether oxygens (including phenoxy) is 2. The molecule has 6 aliphatic rings. The highest BCUT2D eigenvalue weighted by molar-refractivity contribution is 5.76. The van der Waals surface area contributed by atoms with Crippen LogP contribution in [0, 0.1) is 56.7 Å². The van der Waals surface area contributed by atoms with Crippen molar-refractivity contribution in [2.45, 2.75) is 136 Å². The number of hydrogen-bond acceptors (Lipinski definition) is 8. The van der Waals surface area contributed by atoms with Crippen molar-refractivity contribution in [2.24, 2.45) is 56.7 Å². The Balaban J connectivity index is 1.29. The topological polar surface area (TPSA) is 171 Å². The van der Waals surface area contributed by atoms with Gasteiger partial charge in [-0.15, -0.1) is 0 Å². The van der Waals surface area contributed by atoms with Gasteiger partial charge in [0.1, 0.15) is 24.6 Å². The van der Waals surface area contributed by atoms with Crippen LogP contribution in [-0.2, 0) is 23.9 Å². The van der Waals surface area contributed by atoms with Gasteiger partial charge in [0, 0.05) is 0 Å². The van der Waals surface area contributed by atoms with Gasteiger partial charge in [0.25, 0.3) is 0 Å². The van der Waals surface area contributed by atoms with Gasteiger partial charge in [-0.1, -0.05) is 39.8 Å². The molecule has 0 bridgehead atoms. The molecule has 1 aliphatic heterocycles. The van der Waals surface area contributed by atoms with Crippen LogP contribution in [0.25, 0.3) is 0 Å². The van der Waals surface area contributed by atoms with Gasteiger partial charge in [0.2, 0.25) is 0 Å². The molecule has 5 N–H and O–H groups in total. The normalized spacial score (nSPS) is 54.8. The smallest absolute Gasteiger partial charge is 0.335 e. The Morgan fingerprint density at radius 2 is 1.52 bits per heavy atom. The quantitative estimate of drug-likeness (QED) is 0.160. The lowest BCUT2D eigenvalue weighted by molar-refractivity contribution is -0.323. The molecular weight excluding hydrogens is 592 g/mol. The van der Waals surface area contributed by atoms with Crippen LogP contribution in [-0.4, -0.2) is 80.6 Å². The first-order chi connectivity index (χ1) is 21.4. The summed E-state index contributed by atoms with van der Waals surface area (Å²) in [5.41, 5.74) is -0.853. The van der Waals surface area contributed by atoms with Crippen molar-refractivity contribution in [3.63, 3.8) is 0 Å². The average molecular weight is 647 g/mol. The molecule has 16 atom stereocenters. The lowest BCUT2D eigenvalue weighted by Crippen LogP contribution is -2.68. The number of carboxylic acid groups (broad SMARTS) is 2. The van der Waals surface area contributed by atoms with Crippen molar-refractivity contribution in [1.82, 2.24) is 0 Å². The molecule has 6 rings (SSSR count). The highest BCUT2D eigenvalue weighted by Gasteiger charge is 2.72. The molecule has 1 saturated heterocycles. The van der Waals surface area contributed by atoms with Crippen LogP contribution in [0.15, 0.2) is 12.2 Å². The molecule has 5 aliphatic carbocycles. The number of hydrogen-bond donors (Lipinski definition) is 5. The van der Waals surface area contributed by atoms with Crippen LogP contribution in [0.3, 0.4) is 0 Å². The van der Waals surface area contributed by atoms with Gasteiger partial charge in [-0.2, -0.15) is 0 Å². The van der Waals surface area contributed by atoms with E-state index in [1.165, 1.54) is 0 Å². The maximum atomic E-state index is 13.1. The highest BCUT2D eigenvalue weighted by atomic mass is 16.7. The minimum atomic E-state index is -1.82. The van der Waals surface area contributed by atoms with Crippen LogP contribution >= 0.6 is 0 Å². The molecule has 0 unspecified atom stereocenters. The van der Waals surface area contributed by atoms with Gasteiger partial charge in [0.15, 0.2) is 12.4 Å². The van der Waals surface area contributed by atoms with Crippen LogP contribution < -0.4 is 0 Å². The molecule has 0 spiro atoms. The lowest BCUT2D eigenvalue weighted by atomic mass is 9.32. The minimum Gasteiger partial charge on any atom is -0.481 e. The van der Waals surface area contributed by atoms with Crippen LogP contribution in [0.1, 0.15) is 98.8 Å². The molecular formula is C36H54O10. The molecule has 5 saturated carbocycles. The van der Waals surface area contributed by atoms with Crippen LogP contribution in [0.4, 0.5) is 0 Å². The van der Waals surface area contributed by atoms with E-state index in [1.54, 1.807) is 0 Å². The number of aliphatic hydroxyl groups is 3. The van der Waals surface area contributed by atoms with Crippen molar-refractivity contribution in [3.05, 3.63) is 12.2 Å². The fourth-order valence-corrected chi connectivity index (χ4v) is 12.9. The van der Waals surface area contributed by atoms with Gasteiger partial charge in [0.05, 0.1) is 16.9 Å². The second kappa shape index (κ2) is 11.1. The number of aldehydes is 1. The van der Waals surface area contributed by atoms with Crippen molar-refractivity contribution < 1.29 is 49.4 Å². The molecule has 0 aromatic heterocycles. The number of carboxylic acids is 2. The third-order valence-corrected chi connectivity index (χ3v) is 15.5. The van der Waals surface area contributed by atoms with Gasteiger partial charge in [-0.3, -0.25) is 4.79 Å². The van der Waals surface area contributed by atoms with Gasteiger partial charge >= 0.3 is 11.9 Å². The predicted molar refractivity (Wildman–Crippen MR) is 166 cm³/mol. The molecule has 0 aromatic rings. The van der Waals surface area contributed by atoms with Gasteiger partial charge in [-0.25, -0.2) is 4.79 Å². The summed E-state index contributed by atoms with van der Waals surface area (Å²) < 4.78 is 11.7. The Bertz CT molecular complexity index is 1290. The first-order valence-corrected chi connectivity index (χ1v) is 17.4. The predicted octanol–water partition coefficient (Wildman–Crippen LogP) is 4.19. The van der Waals surface area contributed by atoms with E-state index in [4.69, 9.17) is 9.47 Å². The Kier molecular flexibility index (Phi) is 8.20. The van der Waals surface area contributed by atoms with Crippen LogP contribution in [0.2, 0.25) is 0 Å². The Hall–Kier alpha value is -1.85. The van der Waals surface area contributed by atoms with Crippen LogP contribution in [0.5, 0.6) is 0 Å². The Labute approximate surface area is 271 Å². The second-order valence-corrected chi connectivity index (χ2v) is 17.0. The third-order valence-electron chi connectivity index (χ3n) is 15.5. The number of aliphatic carboxylic acids is 2. The summed E-state index contributed by atoms with van der Waals surface area (Å²) in [4.78, 5) is 37.8. The van der Waals surface area contributed by atoms with E-state index in [2.05, 4.69) is 34.3 Å². The second-order valence-electron chi connectivity index (χ2n) is 17.0. The highest BCUT2D eigenvalue weighted by Crippen LogP contribution is 2.77. The van der Waals surface area contributed by atoms with E-state index in [0.29, 0.717) is 18.8 Å². The first-order valence-electron chi connectivity index (χ1n) is 17.4. The largest absolute Gasteiger partial charge is 0.481 e. The zero-order valence-corrected chi connectivity index (χ0v) is 28.0. The summed E-state index contributed by atoms with van der Waals surface area (Å²) in [5, 5.41) is 51.3. The zero-order chi connectivity index (χ0) is 33.8.